The third kappa shape index (κ3) is 12.8. The first kappa shape index (κ1) is 65.0. The first-order valence-corrected chi connectivity index (χ1v) is 31.4. The summed E-state index contributed by atoms with van der Waals surface area (Å²) in [6, 6.07) is 35.4. The molecule has 21 nitrogen and oxygen atoms in total. The van der Waals surface area contributed by atoms with Gasteiger partial charge in [-0.15, -0.1) is 0 Å². The highest BCUT2D eigenvalue weighted by Crippen LogP contribution is 2.45. The van der Waals surface area contributed by atoms with Crippen molar-refractivity contribution in [2.24, 2.45) is 11.1 Å². The first-order chi connectivity index (χ1) is 44.2. The average Bonchev–Trinajstić information content (AvgIpc) is 1.67. The smallest absolute Gasteiger partial charge is 0.255 e. The Morgan fingerprint density at radius 2 is 0.882 bits per heavy atom. The molecule has 12 rings (SSSR count). The maximum absolute atomic E-state index is 14.5. The van der Waals surface area contributed by atoms with Crippen LogP contribution in [0.5, 0.6) is 0 Å². The van der Waals surface area contributed by atoms with Crippen LogP contribution in [-0.2, 0) is 20.0 Å². The number of hydrogen-bond donors (Lipinski definition) is 5. The summed E-state index contributed by atoms with van der Waals surface area (Å²) >= 11 is 0. The minimum absolute atomic E-state index is 0.0168. The van der Waals surface area contributed by atoms with Gasteiger partial charge >= 0.3 is 0 Å². The van der Waals surface area contributed by atoms with Gasteiger partial charge in [0.2, 0.25) is 31.8 Å². The number of fused-ring (bicyclic) bond motifs is 4. The number of anilines is 2. The molecule has 0 aliphatic heterocycles. The molecule has 0 fully saturated rings. The molecule has 0 bridgehead atoms. The van der Waals surface area contributed by atoms with Gasteiger partial charge in [0.25, 0.3) is 11.8 Å². The molecule has 0 saturated carbocycles. The summed E-state index contributed by atoms with van der Waals surface area (Å²) in [5.74, 6) is 0.559. The number of oxazole rings is 2. The van der Waals surface area contributed by atoms with Crippen LogP contribution in [-0.4, -0.2) is 101 Å². The number of carbonyl (C=O) groups is 3. The topological polar surface area (TPSA) is 307 Å². The lowest BCUT2D eigenvalue weighted by Gasteiger charge is -2.21. The van der Waals surface area contributed by atoms with Crippen LogP contribution in [0.15, 0.2) is 168 Å². The Kier molecular flexibility index (Phi) is 18.0. The molecule has 0 unspecified atom stereocenters. The van der Waals surface area contributed by atoms with Gasteiger partial charge in [-0.25, -0.2) is 50.3 Å². The number of ketones is 1. The van der Waals surface area contributed by atoms with Crippen molar-refractivity contribution < 1.29 is 76.9 Å². The van der Waals surface area contributed by atoms with Crippen LogP contribution in [0.4, 0.5) is 28.9 Å². The number of halogens is 4. The molecule has 0 saturated heterocycles. The minimum Gasteiger partial charge on any atom is -0.455 e. The molecule has 0 atom stereocenters. The summed E-state index contributed by atoms with van der Waals surface area (Å²) in [6.07, 6.45) is 2.08. The number of nitrogens with zero attached hydrogens (tertiary/aromatic N) is 5. The van der Waals surface area contributed by atoms with Crippen LogP contribution >= 0.6 is 0 Å². The van der Waals surface area contributed by atoms with E-state index >= 15 is 0 Å². The number of carbonyl (C=O) groups excluding carboxylic acids is 3. The zero-order chi connectivity index (χ0) is 67.1. The van der Waals surface area contributed by atoms with Crippen LogP contribution in [0.3, 0.4) is 0 Å². The number of hydrogen-bond acceptors (Lipinski definition) is 17. The molecule has 0 aliphatic carbocycles. The summed E-state index contributed by atoms with van der Waals surface area (Å²) in [4.78, 5) is 47.8. The zero-order valence-corrected chi connectivity index (χ0v) is 52.0. The van der Waals surface area contributed by atoms with Crippen molar-refractivity contribution in [1.82, 2.24) is 20.6 Å². The maximum atomic E-state index is 14.5. The van der Waals surface area contributed by atoms with Gasteiger partial charge in [0.15, 0.2) is 28.6 Å². The second-order valence-electron chi connectivity index (χ2n) is 21.0. The van der Waals surface area contributed by atoms with E-state index in [-0.39, 0.29) is 96.2 Å². The molecule has 6 N–H and O–H groups in total. The van der Waals surface area contributed by atoms with Gasteiger partial charge in [-0.2, -0.15) is 0 Å². The fraction of sp³-hybridized carbons (Fsp3) is 0.121. The van der Waals surface area contributed by atoms with E-state index in [1.165, 1.54) is 120 Å². The molecule has 2 amide bonds. The zero-order valence-electron chi connectivity index (χ0n) is 50.4. The van der Waals surface area contributed by atoms with Crippen molar-refractivity contribution >= 4 is 98.9 Å². The number of furan rings is 2. The van der Waals surface area contributed by atoms with E-state index in [9.17, 15) is 54.0 Å². The third-order valence-electron chi connectivity index (χ3n) is 15.1. The minimum atomic E-state index is -3.82. The molecule has 476 valence electrons. The second-order valence-corrected chi connectivity index (χ2v) is 25.1. The highest BCUT2D eigenvalue weighted by atomic mass is 32.2. The number of rotatable bonds is 14. The second kappa shape index (κ2) is 25.7. The predicted molar refractivity (Wildman–Crippen MR) is 343 cm³/mol. The van der Waals surface area contributed by atoms with Gasteiger partial charge in [0, 0.05) is 95.6 Å². The first-order valence-electron chi connectivity index (χ1n) is 27.7. The Balaban J connectivity index is 0.000000198. The lowest BCUT2D eigenvalue weighted by atomic mass is 9.94. The van der Waals surface area contributed by atoms with Crippen LogP contribution in [0, 0.1) is 23.3 Å². The molecular weight excluding hydrogens is 1250 g/mol. The predicted octanol–water partition coefficient (Wildman–Crippen LogP) is 13.0. The number of aromatic nitrogens is 2. The number of benzene rings is 8. The molecule has 0 radical (unpaired) electrons. The number of sulfonamides is 2. The Labute approximate surface area is 527 Å². The number of Topliss-reactive ketones (excluding diaryl/α,β-unsaturated/α-hetero) is 1. The quantitative estimate of drug-likeness (QED) is 0.0222. The molecule has 0 aliphatic rings. The summed E-state index contributed by atoms with van der Waals surface area (Å²) in [6.45, 7) is 2.94. The highest BCUT2D eigenvalue weighted by Gasteiger charge is 2.30. The van der Waals surface area contributed by atoms with Crippen molar-refractivity contribution in [3.8, 4) is 67.8 Å². The summed E-state index contributed by atoms with van der Waals surface area (Å²) in [5, 5.41) is 25.4. The average molecular weight is 1310 g/mol. The summed E-state index contributed by atoms with van der Waals surface area (Å²) in [7, 11) is -1.99. The maximum Gasteiger partial charge on any atom is 0.255 e. The Morgan fingerprint density at radius 3 is 1.24 bits per heavy atom. The monoisotopic (exact) mass is 1310 g/mol. The molecule has 93 heavy (non-hydrogen) atoms. The van der Waals surface area contributed by atoms with Crippen molar-refractivity contribution in [1.29, 1.82) is 0 Å². The van der Waals surface area contributed by atoms with Gasteiger partial charge in [-0.05, 0) is 146 Å². The standard InChI is InChI=1S/C33H26F2N4O6S.C33H25F2N3O6S.H3NO/c1-17(38-41)19-12-20(14-21(13-19)33-37-30-25(35)6-5-7-27(30)45-33)23-15-24-28(16-26(23)39(3)46(4,42)43)44-31(29(24)32(40)36-2)18-8-10-22(34)11-9-18;1-17(39)19-12-20(14-21(13-19)33-37-30-25(35)6-5-7-27(30)44-33)23-15-24-28(16-26(23)38(3)45(4,41)42)43-31(29(24)32(40)36-2)18-8-10-22(34)11-9-18;1-2/h5-16,41H,1-4H3,(H,36,40);5-16H,1-4H3,(H,36,40);2H,1H2/b38-17-;;. The third-order valence-corrected chi connectivity index (χ3v) is 17.5. The SMILES string of the molecule is CNC(=O)c1c(-c2ccc(F)cc2)oc2cc(N(C)S(C)(=O)=O)c(-c3cc(/C(C)=N\O)cc(-c4nc5c(F)cccc5o4)c3)cc12.CNC(=O)c1c(-c2ccc(F)cc2)oc2cc(N(C)S(C)(=O)=O)c(-c3cc(C(C)=O)cc(-c4nc5c(F)cccc5o4)c3)cc12.NO. The number of nitrogens with two attached hydrogens (primary N) is 1. The largest absolute Gasteiger partial charge is 0.455 e. The van der Waals surface area contributed by atoms with E-state index < -0.39 is 55.1 Å². The summed E-state index contributed by atoms with van der Waals surface area (Å²) < 4.78 is 134. The molecule has 8 aromatic carbocycles. The van der Waals surface area contributed by atoms with Crippen molar-refractivity contribution in [2.45, 2.75) is 13.8 Å². The van der Waals surface area contributed by atoms with Gasteiger partial charge in [-0.3, -0.25) is 23.0 Å². The van der Waals surface area contributed by atoms with E-state index in [1.807, 2.05) is 0 Å². The van der Waals surface area contributed by atoms with E-state index in [4.69, 9.17) is 22.9 Å². The fourth-order valence-electron chi connectivity index (χ4n) is 10.3. The normalized spacial score (nSPS) is 11.7. The van der Waals surface area contributed by atoms with E-state index in [0.717, 1.165) is 21.1 Å². The molecule has 27 heteroatoms. The van der Waals surface area contributed by atoms with E-state index in [2.05, 4.69) is 31.7 Å². The van der Waals surface area contributed by atoms with Crippen LogP contribution in [0.1, 0.15) is 50.5 Å². The molecule has 12 aromatic rings. The van der Waals surface area contributed by atoms with Crippen molar-refractivity contribution in [2.75, 3.05) is 49.3 Å². The van der Waals surface area contributed by atoms with Crippen LogP contribution in [0.25, 0.3) is 112 Å². The fourth-order valence-corrected chi connectivity index (χ4v) is 11.3. The molecule has 4 heterocycles. The molecular formula is C66H54F4N8O13S2. The van der Waals surface area contributed by atoms with Gasteiger partial charge in [0.05, 0.1) is 40.7 Å². The van der Waals surface area contributed by atoms with E-state index in [1.54, 1.807) is 67.6 Å². The Bertz CT molecular complexity index is 5240. The molecule has 4 aromatic heterocycles. The van der Waals surface area contributed by atoms with Gasteiger partial charge in [0.1, 0.15) is 45.4 Å². The van der Waals surface area contributed by atoms with Crippen molar-refractivity contribution in [3.05, 3.63) is 191 Å². The van der Waals surface area contributed by atoms with Crippen LogP contribution < -0.4 is 25.1 Å². The number of para-hydroxylation sites is 2. The van der Waals surface area contributed by atoms with Crippen molar-refractivity contribution in [3.63, 3.8) is 0 Å². The lowest BCUT2D eigenvalue weighted by molar-refractivity contribution is 0.0956. The highest BCUT2D eigenvalue weighted by molar-refractivity contribution is 7.92. The van der Waals surface area contributed by atoms with E-state index in [0.29, 0.717) is 60.8 Å². The Morgan fingerprint density at radius 1 is 0.505 bits per heavy atom. The summed E-state index contributed by atoms with van der Waals surface area (Å²) in [5.41, 5.74) is 5.52. The van der Waals surface area contributed by atoms with Gasteiger partial charge < -0.3 is 38.7 Å². The number of oxime groups is 1. The molecule has 0 spiro atoms. The van der Waals surface area contributed by atoms with Gasteiger partial charge in [-0.1, -0.05) is 17.3 Å². The lowest BCUT2D eigenvalue weighted by Crippen LogP contribution is -2.25. The Hall–Kier alpha value is -11.0. The number of nitrogens with one attached hydrogen (secondary N) is 2. The number of amides is 2. The van der Waals surface area contributed by atoms with Crippen LogP contribution in [0.2, 0.25) is 0 Å².